The van der Waals surface area contributed by atoms with Crippen LogP contribution in [-0.4, -0.2) is 23.6 Å². The summed E-state index contributed by atoms with van der Waals surface area (Å²) in [6, 6.07) is 0. The fourth-order valence-corrected chi connectivity index (χ4v) is 2.03. The Morgan fingerprint density at radius 2 is 2.21 bits per heavy atom. The van der Waals surface area contributed by atoms with Gasteiger partial charge in [0.25, 0.3) is 10.1 Å². The first-order valence-corrected chi connectivity index (χ1v) is 6.35. The first-order chi connectivity index (χ1) is 6.49. The molecule has 0 unspecified atom stereocenters. The molecule has 0 spiro atoms. The molecule has 1 rings (SSSR count). The predicted octanol–water partition coefficient (Wildman–Crippen LogP) is 1.91. The summed E-state index contributed by atoms with van der Waals surface area (Å²) in [7, 11) is -3.83. The fraction of sp³-hybridized carbons (Fsp3) is 0.444. The smallest absolute Gasteiger partial charge is 0.264 e. The molecule has 0 aromatic heterocycles. The quantitative estimate of drug-likeness (QED) is 0.594. The summed E-state index contributed by atoms with van der Waals surface area (Å²) in [6.07, 6.45) is 7.57. The van der Waals surface area contributed by atoms with E-state index in [0.29, 0.717) is 12.8 Å². The van der Waals surface area contributed by atoms with Gasteiger partial charge in [-0.2, -0.15) is 8.42 Å². The number of hydrogen-bond acceptors (Lipinski definition) is 3. The molecule has 0 saturated heterocycles. The number of allylic oxidation sites excluding steroid dienone is 4. The van der Waals surface area contributed by atoms with Gasteiger partial charge in [0, 0.05) is 11.3 Å². The minimum Gasteiger partial charge on any atom is -0.286 e. The van der Waals surface area contributed by atoms with Crippen LogP contribution in [0.5, 0.6) is 0 Å². The van der Waals surface area contributed by atoms with Gasteiger partial charge in [-0.1, -0.05) is 30.4 Å². The normalized spacial score (nSPS) is 16.9. The third-order valence-electron chi connectivity index (χ3n) is 1.94. The first-order valence-electron chi connectivity index (χ1n) is 4.33. The van der Waals surface area contributed by atoms with Crippen molar-refractivity contribution in [2.45, 2.75) is 19.3 Å². The minimum atomic E-state index is -3.83. The molecule has 0 aromatic carbocycles. The molecule has 5 heteroatoms. The Balaban J connectivity index is 2.42. The van der Waals surface area contributed by atoms with Gasteiger partial charge in [-0.3, -0.25) is 4.55 Å². The van der Waals surface area contributed by atoms with Crippen LogP contribution in [-0.2, 0) is 10.1 Å². The Bertz CT molecular complexity index is 377. The molecule has 0 heterocycles. The van der Waals surface area contributed by atoms with Crippen LogP contribution in [0.1, 0.15) is 19.3 Å². The molecule has 1 aliphatic carbocycles. The van der Waals surface area contributed by atoms with E-state index < -0.39 is 10.1 Å². The van der Waals surface area contributed by atoms with Crippen LogP contribution >= 0.6 is 12.2 Å². The average Bonchev–Trinajstić information content (AvgIpc) is 2.06. The Kier molecular flexibility index (Phi) is 3.97. The van der Waals surface area contributed by atoms with Crippen molar-refractivity contribution in [2.24, 2.45) is 0 Å². The SMILES string of the molecule is O=S(=O)(O)CCCC1=CC=CCC1=S. The molecular weight excluding hydrogens is 220 g/mol. The second-order valence-corrected chi connectivity index (χ2v) is 5.20. The van der Waals surface area contributed by atoms with E-state index in [-0.39, 0.29) is 5.75 Å². The van der Waals surface area contributed by atoms with E-state index in [2.05, 4.69) is 0 Å². The zero-order valence-electron chi connectivity index (χ0n) is 7.64. The van der Waals surface area contributed by atoms with Crippen molar-refractivity contribution in [3.05, 3.63) is 23.8 Å². The van der Waals surface area contributed by atoms with Crippen molar-refractivity contribution in [3.63, 3.8) is 0 Å². The highest BCUT2D eigenvalue weighted by Crippen LogP contribution is 2.15. The number of rotatable bonds is 4. The number of hydrogen-bond donors (Lipinski definition) is 1. The molecule has 78 valence electrons. The Labute approximate surface area is 89.3 Å². The van der Waals surface area contributed by atoms with Crippen LogP contribution in [0.15, 0.2) is 23.8 Å². The fourth-order valence-electron chi connectivity index (χ4n) is 1.25. The van der Waals surface area contributed by atoms with Gasteiger partial charge < -0.3 is 0 Å². The van der Waals surface area contributed by atoms with Crippen molar-refractivity contribution >= 4 is 27.2 Å². The van der Waals surface area contributed by atoms with E-state index in [1.54, 1.807) is 0 Å². The molecule has 3 nitrogen and oxygen atoms in total. The second kappa shape index (κ2) is 4.82. The minimum absolute atomic E-state index is 0.198. The summed E-state index contributed by atoms with van der Waals surface area (Å²) < 4.78 is 29.4. The molecule has 1 N–H and O–H groups in total. The van der Waals surface area contributed by atoms with Gasteiger partial charge in [0.2, 0.25) is 0 Å². The van der Waals surface area contributed by atoms with Gasteiger partial charge in [-0.25, -0.2) is 0 Å². The lowest BCUT2D eigenvalue weighted by molar-refractivity contribution is 0.481. The van der Waals surface area contributed by atoms with Crippen molar-refractivity contribution < 1.29 is 13.0 Å². The molecule has 1 aliphatic rings. The molecule has 0 aromatic rings. The molecule has 0 aliphatic heterocycles. The van der Waals surface area contributed by atoms with E-state index in [1.807, 2.05) is 18.2 Å². The Morgan fingerprint density at radius 3 is 2.79 bits per heavy atom. The molecule has 0 saturated carbocycles. The zero-order chi connectivity index (χ0) is 10.6. The van der Waals surface area contributed by atoms with Crippen molar-refractivity contribution in [2.75, 3.05) is 5.75 Å². The van der Waals surface area contributed by atoms with E-state index in [4.69, 9.17) is 16.8 Å². The van der Waals surface area contributed by atoms with E-state index in [9.17, 15) is 8.42 Å². The summed E-state index contributed by atoms with van der Waals surface area (Å²) in [5.41, 5.74) is 1.01. The summed E-state index contributed by atoms with van der Waals surface area (Å²) in [4.78, 5) is 0.864. The van der Waals surface area contributed by atoms with Gasteiger partial charge >= 0.3 is 0 Å². The van der Waals surface area contributed by atoms with Crippen molar-refractivity contribution in [1.82, 2.24) is 0 Å². The maximum atomic E-state index is 10.4. The van der Waals surface area contributed by atoms with Crippen LogP contribution < -0.4 is 0 Å². The van der Waals surface area contributed by atoms with E-state index in [0.717, 1.165) is 16.9 Å². The summed E-state index contributed by atoms with van der Waals surface area (Å²) in [5.74, 6) is -0.198. The highest BCUT2D eigenvalue weighted by atomic mass is 32.2. The van der Waals surface area contributed by atoms with Crippen LogP contribution in [0.3, 0.4) is 0 Å². The van der Waals surface area contributed by atoms with Gasteiger partial charge in [0.05, 0.1) is 5.75 Å². The topological polar surface area (TPSA) is 54.4 Å². The molecule has 0 fully saturated rings. The van der Waals surface area contributed by atoms with Crippen molar-refractivity contribution in [1.29, 1.82) is 0 Å². The Hall–Kier alpha value is -0.520. The van der Waals surface area contributed by atoms with Crippen LogP contribution in [0.25, 0.3) is 0 Å². The van der Waals surface area contributed by atoms with Gasteiger partial charge in [0.15, 0.2) is 0 Å². The molecular formula is C9H12O3S2. The maximum Gasteiger partial charge on any atom is 0.264 e. The van der Waals surface area contributed by atoms with Crippen molar-refractivity contribution in [3.8, 4) is 0 Å². The standard InChI is InChI=1S/C9H12O3S2/c10-14(11,12)7-3-5-8-4-1-2-6-9(8)13/h1-2,4H,3,5-7H2,(H,10,11,12). The molecule has 14 heavy (non-hydrogen) atoms. The largest absolute Gasteiger partial charge is 0.286 e. The van der Waals surface area contributed by atoms with Gasteiger partial charge in [-0.05, 0) is 18.4 Å². The monoisotopic (exact) mass is 232 g/mol. The highest BCUT2D eigenvalue weighted by molar-refractivity contribution is 7.85. The van der Waals surface area contributed by atoms with Crippen LogP contribution in [0.2, 0.25) is 0 Å². The lowest BCUT2D eigenvalue weighted by Gasteiger charge is -2.09. The number of thiocarbonyl (C=S) groups is 1. The van der Waals surface area contributed by atoms with E-state index in [1.165, 1.54) is 0 Å². The summed E-state index contributed by atoms with van der Waals surface area (Å²) in [6.45, 7) is 0. The maximum absolute atomic E-state index is 10.4. The summed E-state index contributed by atoms with van der Waals surface area (Å²) in [5, 5.41) is 0. The van der Waals surface area contributed by atoms with Crippen LogP contribution in [0.4, 0.5) is 0 Å². The predicted molar refractivity (Wildman–Crippen MR) is 60.1 cm³/mol. The van der Waals surface area contributed by atoms with E-state index >= 15 is 0 Å². The van der Waals surface area contributed by atoms with Gasteiger partial charge in [-0.15, -0.1) is 0 Å². The Morgan fingerprint density at radius 1 is 1.50 bits per heavy atom. The van der Waals surface area contributed by atoms with Gasteiger partial charge in [0.1, 0.15) is 0 Å². The lowest BCUT2D eigenvalue weighted by Crippen LogP contribution is -2.07. The summed E-state index contributed by atoms with van der Waals surface area (Å²) >= 11 is 5.10. The highest BCUT2D eigenvalue weighted by Gasteiger charge is 2.09. The van der Waals surface area contributed by atoms with Crippen LogP contribution in [0, 0.1) is 0 Å². The molecule has 0 radical (unpaired) electrons. The molecule has 0 atom stereocenters. The molecule has 0 amide bonds. The lowest BCUT2D eigenvalue weighted by atomic mass is 10.0. The first kappa shape index (κ1) is 11.6. The zero-order valence-corrected chi connectivity index (χ0v) is 9.27. The average molecular weight is 232 g/mol. The second-order valence-electron chi connectivity index (χ2n) is 3.14. The molecule has 0 bridgehead atoms. The third-order valence-corrected chi connectivity index (χ3v) is 3.18. The third kappa shape index (κ3) is 4.13.